The Morgan fingerprint density at radius 1 is 1.36 bits per heavy atom. The van der Waals surface area contributed by atoms with Crippen molar-refractivity contribution in [3.8, 4) is 5.75 Å². The Hall–Kier alpha value is -2.18. The van der Waals surface area contributed by atoms with Gasteiger partial charge in [0.15, 0.2) is 0 Å². The Balaban J connectivity index is 1.39. The summed E-state index contributed by atoms with van der Waals surface area (Å²) >= 11 is 1.59. The van der Waals surface area contributed by atoms with Crippen molar-refractivity contribution in [2.75, 3.05) is 13.2 Å². The highest BCUT2D eigenvalue weighted by molar-refractivity contribution is 7.18. The number of thiophene rings is 1. The molecular formula is C19H21N3O2S. The van der Waals surface area contributed by atoms with E-state index in [1.54, 1.807) is 11.3 Å². The van der Waals surface area contributed by atoms with Crippen molar-refractivity contribution >= 4 is 21.6 Å². The number of H-pyrrole nitrogens is 1. The van der Waals surface area contributed by atoms with Gasteiger partial charge in [-0.15, -0.1) is 11.3 Å². The third kappa shape index (κ3) is 3.19. The van der Waals surface area contributed by atoms with Gasteiger partial charge in [0.05, 0.1) is 12.0 Å². The van der Waals surface area contributed by atoms with Gasteiger partial charge in [0.2, 0.25) is 0 Å². The maximum Gasteiger partial charge on any atom is 0.259 e. The SMILES string of the molecule is Cc1sc2nc(CCNCc3ccc4c(c3)CCO4)[nH]c(=O)c2c1C. The molecule has 0 amide bonds. The molecule has 0 unspecified atom stereocenters. The number of ether oxygens (including phenoxy) is 1. The number of aromatic amines is 1. The van der Waals surface area contributed by atoms with Gasteiger partial charge in [-0.2, -0.15) is 0 Å². The van der Waals surface area contributed by atoms with Crippen LogP contribution >= 0.6 is 11.3 Å². The van der Waals surface area contributed by atoms with Crippen LogP contribution in [-0.2, 0) is 19.4 Å². The fourth-order valence-corrected chi connectivity index (χ4v) is 4.26. The normalized spacial score (nSPS) is 13.2. The third-order valence-electron chi connectivity index (χ3n) is 4.71. The summed E-state index contributed by atoms with van der Waals surface area (Å²) in [7, 11) is 0. The molecule has 25 heavy (non-hydrogen) atoms. The van der Waals surface area contributed by atoms with Crippen LogP contribution in [0.5, 0.6) is 5.75 Å². The van der Waals surface area contributed by atoms with E-state index in [2.05, 4.69) is 27.4 Å². The molecule has 0 atom stereocenters. The Labute approximate surface area is 150 Å². The highest BCUT2D eigenvalue weighted by Gasteiger charge is 2.13. The van der Waals surface area contributed by atoms with Crippen LogP contribution in [0.15, 0.2) is 23.0 Å². The standard InChI is InChI=1S/C19H21N3O2S/c1-11-12(2)25-19-17(11)18(23)21-16(22-19)5-7-20-10-13-3-4-15-14(9-13)6-8-24-15/h3-4,9,20H,5-8,10H2,1-2H3,(H,21,22,23). The summed E-state index contributed by atoms with van der Waals surface area (Å²) < 4.78 is 5.53. The molecule has 6 heteroatoms. The van der Waals surface area contributed by atoms with Crippen LogP contribution in [0.4, 0.5) is 0 Å². The maximum atomic E-state index is 12.3. The van der Waals surface area contributed by atoms with E-state index < -0.39 is 0 Å². The van der Waals surface area contributed by atoms with E-state index in [1.807, 2.05) is 19.9 Å². The molecule has 1 aromatic carbocycles. The maximum absolute atomic E-state index is 12.3. The van der Waals surface area contributed by atoms with Crippen LogP contribution in [0.1, 0.15) is 27.4 Å². The van der Waals surface area contributed by atoms with E-state index in [4.69, 9.17) is 4.74 Å². The van der Waals surface area contributed by atoms with Crippen molar-refractivity contribution in [2.45, 2.75) is 33.2 Å². The van der Waals surface area contributed by atoms with Gasteiger partial charge in [-0.1, -0.05) is 12.1 Å². The molecule has 0 radical (unpaired) electrons. The number of aromatic nitrogens is 2. The van der Waals surface area contributed by atoms with Crippen molar-refractivity contribution in [3.05, 3.63) is 55.9 Å². The molecule has 2 aromatic heterocycles. The van der Waals surface area contributed by atoms with Crippen molar-refractivity contribution < 1.29 is 4.74 Å². The van der Waals surface area contributed by atoms with Crippen LogP contribution in [0, 0.1) is 13.8 Å². The van der Waals surface area contributed by atoms with E-state index >= 15 is 0 Å². The predicted octanol–water partition coefficient (Wildman–Crippen LogP) is 2.87. The summed E-state index contributed by atoms with van der Waals surface area (Å²) in [5.41, 5.74) is 3.56. The number of nitrogens with one attached hydrogen (secondary N) is 2. The zero-order chi connectivity index (χ0) is 17.4. The molecule has 1 aliphatic heterocycles. The molecule has 1 aliphatic rings. The lowest BCUT2D eigenvalue weighted by Crippen LogP contribution is -2.20. The molecule has 130 valence electrons. The summed E-state index contributed by atoms with van der Waals surface area (Å²) in [4.78, 5) is 21.8. The average molecular weight is 355 g/mol. The zero-order valence-corrected chi connectivity index (χ0v) is 15.3. The second kappa shape index (κ2) is 6.61. The molecule has 0 fully saturated rings. The molecule has 0 bridgehead atoms. The fourth-order valence-electron chi connectivity index (χ4n) is 3.21. The van der Waals surface area contributed by atoms with Gasteiger partial charge < -0.3 is 15.0 Å². The largest absolute Gasteiger partial charge is 0.493 e. The molecule has 3 aromatic rings. The Morgan fingerprint density at radius 2 is 2.24 bits per heavy atom. The number of hydrogen-bond acceptors (Lipinski definition) is 5. The van der Waals surface area contributed by atoms with E-state index in [9.17, 15) is 4.79 Å². The van der Waals surface area contributed by atoms with Gasteiger partial charge in [0.1, 0.15) is 16.4 Å². The van der Waals surface area contributed by atoms with Crippen LogP contribution in [0.3, 0.4) is 0 Å². The Bertz CT molecular complexity index is 990. The topological polar surface area (TPSA) is 67.0 Å². The summed E-state index contributed by atoms with van der Waals surface area (Å²) in [5.74, 6) is 1.76. The molecule has 0 saturated carbocycles. The number of fused-ring (bicyclic) bond motifs is 2. The van der Waals surface area contributed by atoms with Gasteiger partial charge in [-0.25, -0.2) is 4.98 Å². The van der Waals surface area contributed by atoms with Crippen LogP contribution in [0.25, 0.3) is 10.2 Å². The predicted molar refractivity (Wildman–Crippen MR) is 101 cm³/mol. The van der Waals surface area contributed by atoms with Crippen molar-refractivity contribution in [1.29, 1.82) is 0 Å². The monoisotopic (exact) mass is 355 g/mol. The highest BCUT2D eigenvalue weighted by atomic mass is 32.1. The van der Waals surface area contributed by atoms with Crippen molar-refractivity contribution in [3.63, 3.8) is 0 Å². The molecule has 4 rings (SSSR count). The minimum absolute atomic E-state index is 0.0273. The van der Waals surface area contributed by atoms with Gasteiger partial charge >= 0.3 is 0 Å². The molecular weight excluding hydrogens is 334 g/mol. The van der Waals surface area contributed by atoms with Gasteiger partial charge in [0, 0.05) is 30.8 Å². The number of benzene rings is 1. The van der Waals surface area contributed by atoms with Gasteiger partial charge in [-0.05, 0) is 36.6 Å². The number of rotatable bonds is 5. The quantitative estimate of drug-likeness (QED) is 0.691. The van der Waals surface area contributed by atoms with Gasteiger partial charge in [0.25, 0.3) is 5.56 Å². The Morgan fingerprint density at radius 3 is 3.12 bits per heavy atom. The van der Waals surface area contributed by atoms with E-state index in [-0.39, 0.29) is 5.56 Å². The first-order valence-electron chi connectivity index (χ1n) is 8.56. The number of aryl methyl sites for hydroxylation is 2. The second-order valence-electron chi connectivity index (χ2n) is 6.44. The summed E-state index contributed by atoms with van der Waals surface area (Å²) in [6, 6.07) is 6.35. The van der Waals surface area contributed by atoms with Gasteiger partial charge in [-0.3, -0.25) is 4.79 Å². The molecule has 5 nitrogen and oxygen atoms in total. The first kappa shape index (κ1) is 16.3. The van der Waals surface area contributed by atoms with Crippen molar-refractivity contribution in [1.82, 2.24) is 15.3 Å². The molecule has 0 aliphatic carbocycles. The second-order valence-corrected chi connectivity index (χ2v) is 7.65. The smallest absolute Gasteiger partial charge is 0.259 e. The first-order valence-corrected chi connectivity index (χ1v) is 9.37. The lowest BCUT2D eigenvalue weighted by molar-refractivity contribution is 0.357. The average Bonchev–Trinajstić information content (AvgIpc) is 3.16. The van der Waals surface area contributed by atoms with Crippen LogP contribution < -0.4 is 15.6 Å². The minimum Gasteiger partial charge on any atom is -0.493 e. The van der Waals surface area contributed by atoms with Crippen LogP contribution in [-0.4, -0.2) is 23.1 Å². The zero-order valence-electron chi connectivity index (χ0n) is 14.4. The molecule has 0 spiro atoms. The van der Waals surface area contributed by atoms with Crippen molar-refractivity contribution in [2.24, 2.45) is 0 Å². The number of hydrogen-bond donors (Lipinski definition) is 2. The first-order chi connectivity index (χ1) is 12.1. The lowest BCUT2D eigenvalue weighted by atomic mass is 10.1. The van der Waals surface area contributed by atoms with E-state index in [0.717, 1.165) is 58.3 Å². The molecule has 3 heterocycles. The van der Waals surface area contributed by atoms with E-state index in [0.29, 0.717) is 6.42 Å². The van der Waals surface area contributed by atoms with E-state index in [1.165, 1.54) is 11.1 Å². The number of nitrogens with zero attached hydrogens (tertiary/aromatic N) is 1. The van der Waals surface area contributed by atoms with Crippen LogP contribution in [0.2, 0.25) is 0 Å². The lowest BCUT2D eigenvalue weighted by Gasteiger charge is -2.06. The summed E-state index contributed by atoms with van der Waals surface area (Å²) in [6.07, 6.45) is 1.70. The summed E-state index contributed by atoms with van der Waals surface area (Å²) in [5, 5.41) is 4.16. The molecule has 2 N–H and O–H groups in total. The highest BCUT2D eigenvalue weighted by Crippen LogP contribution is 2.26. The fraction of sp³-hybridized carbons (Fsp3) is 0.368. The summed E-state index contributed by atoms with van der Waals surface area (Å²) in [6.45, 7) is 6.37. The Kier molecular flexibility index (Phi) is 4.31. The third-order valence-corrected chi connectivity index (χ3v) is 5.81. The minimum atomic E-state index is -0.0273. The molecule has 0 saturated heterocycles.